The molecule has 0 amide bonds. The summed E-state index contributed by atoms with van der Waals surface area (Å²) in [5.41, 5.74) is 6.26. The fourth-order valence-corrected chi connectivity index (χ4v) is 2.11. The lowest BCUT2D eigenvalue weighted by Gasteiger charge is -2.28. The van der Waals surface area contributed by atoms with Gasteiger partial charge in [-0.15, -0.1) is 5.10 Å². The van der Waals surface area contributed by atoms with Crippen LogP contribution in [0, 0.1) is 0 Å². The second kappa shape index (κ2) is 4.61. The quantitative estimate of drug-likeness (QED) is 0.740. The molecule has 0 bridgehead atoms. The summed E-state index contributed by atoms with van der Waals surface area (Å²) in [5.74, 6) is -0.462. The first-order chi connectivity index (χ1) is 7.72. The van der Waals surface area contributed by atoms with Gasteiger partial charge in [0.1, 0.15) is 0 Å². The van der Waals surface area contributed by atoms with E-state index in [1.165, 1.54) is 7.11 Å². The monoisotopic (exact) mass is 224 g/mol. The lowest BCUT2D eigenvalue weighted by Crippen LogP contribution is -2.35. The number of esters is 1. The number of carbonyl (C=O) groups is 1. The van der Waals surface area contributed by atoms with Gasteiger partial charge in [-0.1, -0.05) is 18.1 Å². The van der Waals surface area contributed by atoms with Crippen molar-refractivity contribution in [2.24, 2.45) is 5.73 Å². The Balaban J connectivity index is 2.14. The number of nitrogens with two attached hydrogens (primary N) is 1. The smallest absolute Gasteiger partial charge is 0.360 e. The van der Waals surface area contributed by atoms with E-state index in [4.69, 9.17) is 5.73 Å². The fraction of sp³-hybridized carbons (Fsp3) is 0.700. The number of methoxy groups -OCH3 is 1. The van der Waals surface area contributed by atoms with Gasteiger partial charge in [0.25, 0.3) is 0 Å². The van der Waals surface area contributed by atoms with E-state index in [0.29, 0.717) is 0 Å². The molecule has 88 valence electrons. The molecule has 0 saturated heterocycles. The third-order valence-electron chi connectivity index (χ3n) is 3.03. The normalized spacial score (nSPS) is 25.4. The zero-order chi connectivity index (χ0) is 11.5. The predicted molar refractivity (Wildman–Crippen MR) is 56.8 cm³/mol. The molecule has 0 aromatic carbocycles. The topological polar surface area (TPSA) is 83.0 Å². The molecule has 1 heterocycles. The van der Waals surface area contributed by atoms with Crippen molar-refractivity contribution >= 4 is 5.97 Å². The van der Waals surface area contributed by atoms with E-state index >= 15 is 0 Å². The summed E-state index contributed by atoms with van der Waals surface area (Å²) in [4.78, 5) is 11.2. The molecule has 1 fully saturated rings. The molecule has 1 aliphatic rings. The van der Waals surface area contributed by atoms with Crippen LogP contribution >= 0.6 is 0 Å². The van der Waals surface area contributed by atoms with E-state index in [9.17, 15) is 4.79 Å². The second-order valence-electron chi connectivity index (χ2n) is 4.09. The van der Waals surface area contributed by atoms with E-state index < -0.39 is 5.97 Å². The molecule has 0 unspecified atom stereocenters. The van der Waals surface area contributed by atoms with Crippen molar-refractivity contribution < 1.29 is 9.53 Å². The van der Waals surface area contributed by atoms with Crippen LogP contribution in [0.2, 0.25) is 0 Å². The molecular formula is C10H16N4O2. The molecule has 16 heavy (non-hydrogen) atoms. The molecule has 1 saturated carbocycles. The fourth-order valence-electron chi connectivity index (χ4n) is 2.11. The number of carbonyl (C=O) groups excluding carboxylic acids is 1. The molecule has 1 aliphatic carbocycles. The van der Waals surface area contributed by atoms with E-state index in [-0.39, 0.29) is 17.8 Å². The molecule has 0 radical (unpaired) electrons. The maximum absolute atomic E-state index is 11.2. The summed E-state index contributed by atoms with van der Waals surface area (Å²) in [6.07, 6.45) is 5.91. The van der Waals surface area contributed by atoms with Crippen molar-refractivity contribution in [2.75, 3.05) is 7.11 Å². The number of rotatable bonds is 2. The third-order valence-corrected chi connectivity index (χ3v) is 3.03. The van der Waals surface area contributed by atoms with Gasteiger partial charge >= 0.3 is 5.97 Å². The Labute approximate surface area is 93.8 Å². The van der Waals surface area contributed by atoms with Crippen LogP contribution in [0.4, 0.5) is 0 Å². The van der Waals surface area contributed by atoms with E-state index in [0.717, 1.165) is 25.7 Å². The first-order valence-corrected chi connectivity index (χ1v) is 5.48. The first-order valence-electron chi connectivity index (χ1n) is 5.48. The van der Waals surface area contributed by atoms with Gasteiger partial charge in [-0.2, -0.15) is 0 Å². The average Bonchev–Trinajstić information content (AvgIpc) is 2.78. The van der Waals surface area contributed by atoms with Crippen LogP contribution in [0.3, 0.4) is 0 Å². The molecule has 0 aliphatic heterocycles. The summed E-state index contributed by atoms with van der Waals surface area (Å²) in [7, 11) is 1.33. The van der Waals surface area contributed by atoms with E-state index in [1.54, 1.807) is 10.9 Å². The maximum atomic E-state index is 11.2. The number of hydrogen-bond donors (Lipinski definition) is 1. The minimum atomic E-state index is -0.462. The molecule has 6 nitrogen and oxygen atoms in total. The predicted octanol–water partition coefficient (Wildman–Crippen LogP) is 0.507. The zero-order valence-corrected chi connectivity index (χ0v) is 9.30. The summed E-state index contributed by atoms with van der Waals surface area (Å²) in [6.45, 7) is 0. The highest BCUT2D eigenvalue weighted by Crippen LogP contribution is 2.26. The average molecular weight is 224 g/mol. The Hall–Kier alpha value is -1.43. The lowest BCUT2D eigenvalue weighted by molar-refractivity contribution is 0.0594. The van der Waals surface area contributed by atoms with Crippen molar-refractivity contribution in [1.29, 1.82) is 0 Å². The molecule has 6 heteroatoms. The Bertz CT molecular complexity index is 377. The van der Waals surface area contributed by atoms with Gasteiger partial charge in [0.2, 0.25) is 0 Å². The van der Waals surface area contributed by atoms with Crippen molar-refractivity contribution in [3.05, 3.63) is 11.9 Å². The van der Waals surface area contributed by atoms with Crippen LogP contribution in [-0.2, 0) is 4.74 Å². The Morgan fingerprint density at radius 1 is 1.56 bits per heavy atom. The highest BCUT2D eigenvalue weighted by atomic mass is 16.5. The van der Waals surface area contributed by atoms with Crippen LogP contribution in [-0.4, -0.2) is 34.1 Å². The van der Waals surface area contributed by atoms with Crippen LogP contribution in [0.15, 0.2) is 6.20 Å². The molecular weight excluding hydrogens is 208 g/mol. The van der Waals surface area contributed by atoms with Crippen LogP contribution < -0.4 is 5.73 Å². The Morgan fingerprint density at radius 3 is 3.00 bits per heavy atom. The lowest BCUT2D eigenvalue weighted by atomic mass is 9.91. The third kappa shape index (κ3) is 2.06. The second-order valence-corrected chi connectivity index (χ2v) is 4.09. The summed E-state index contributed by atoms with van der Waals surface area (Å²) >= 11 is 0. The number of hydrogen-bond acceptors (Lipinski definition) is 5. The summed E-state index contributed by atoms with van der Waals surface area (Å²) in [6, 6.07) is 0.251. The molecule has 2 atom stereocenters. The van der Waals surface area contributed by atoms with Gasteiger partial charge in [0.05, 0.1) is 19.3 Å². The van der Waals surface area contributed by atoms with E-state index in [1.807, 2.05) is 0 Å². The molecule has 1 aromatic heterocycles. The number of nitrogens with zero attached hydrogens (tertiary/aromatic N) is 3. The molecule has 0 spiro atoms. The van der Waals surface area contributed by atoms with Gasteiger partial charge in [-0.05, 0) is 12.8 Å². The van der Waals surface area contributed by atoms with Crippen molar-refractivity contribution in [1.82, 2.24) is 15.0 Å². The van der Waals surface area contributed by atoms with Crippen LogP contribution in [0.1, 0.15) is 42.2 Å². The van der Waals surface area contributed by atoms with Gasteiger partial charge in [-0.25, -0.2) is 9.48 Å². The molecule has 2 N–H and O–H groups in total. The largest absolute Gasteiger partial charge is 0.464 e. The number of aromatic nitrogens is 3. The Morgan fingerprint density at radius 2 is 2.31 bits per heavy atom. The van der Waals surface area contributed by atoms with Gasteiger partial charge in [0.15, 0.2) is 5.69 Å². The minimum absolute atomic E-state index is 0.0981. The first kappa shape index (κ1) is 11.1. The summed E-state index contributed by atoms with van der Waals surface area (Å²) < 4.78 is 6.27. The van der Waals surface area contributed by atoms with Crippen LogP contribution in [0.5, 0.6) is 0 Å². The molecule has 1 aromatic rings. The zero-order valence-electron chi connectivity index (χ0n) is 9.30. The Kier molecular flexibility index (Phi) is 3.19. The SMILES string of the molecule is COC(=O)c1cn([C@@H]2CCCC[C@H]2N)nn1. The summed E-state index contributed by atoms with van der Waals surface area (Å²) in [5, 5.41) is 7.72. The standard InChI is InChI=1S/C10H16N4O2/c1-16-10(15)8-6-14(13-12-8)9-5-3-2-4-7(9)11/h6-7,9H,2-5,11H2,1H3/t7-,9-/m1/s1. The van der Waals surface area contributed by atoms with Gasteiger partial charge < -0.3 is 10.5 Å². The number of ether oxygens (including phenoxy) is 1. The van der Waals surface area contributed by atoms with Crippen LogP contribution in [0.25, 0.3) is 0 Å². The van der Waals surface area contributed by atoms with E-state index in [2.05, 4.69) is 15.0 Å². The highest BCUT2D eigenvalue weighted by molar-refractivity contribution is 5.86. The van der Waals surface area contributed by atoms with Gasteiger partial charge in [0, 0.05) is 6.04 Å². The molecule has 2 rings (SSSR count). The van der Waals surface area contributed by atoms with Crippen molar-refractivity contribution in [3.8, 4) is 0 Å². The van der Waals surface area contributed by atoms with Gasteiger partial charge in [-0.3, -0.25) is 0 Å². The van der Waals surface area contributed by atoms with Crippen molar-refractivity contribution in [2.45, 2.75) is 37.8 Å². The maximum Gasteiger partial charge on any atom is 0.360 e. The van der Waals surface area contributed by atoms with Crippen molar-refractivity contribution in [3.63, 3.8) is 0 Å². The highest BCUT2D eigenvalue weighted by Gasteiger charge is 2.25. The minimum Gasteiger partial charge on any atom is -0.464 e.